The summed E-state index contributed by atoms with van der Waals surface area (Å²) in [6.45, 7) is 4.17. The largest absolute Gasteiger partial charge is 0.497 e. The van der Waals surface area contributed by atoms with Gasteiger partial charge >= 0.3 is 0 Å². The fourth-order valence-electron chi connectivity index (χ4n) is 3.12. The number of methoxy groups -OCH3 is 2. The van der Waals surface area contributed by atoms with E-state index in [0.29, 0.717) is 12.5 Å². The van der Waals surface area contributed by atoms with Crippen molar-refractivity contribution >= 4 is 5.91 Å². The minimum Gasteiger partial charge on any atom is -0.497 e. The molecule has 1 aromatic rings. The van der Waals surface area contributed by atoms with Gasteiger partial charge in [-0.3, -0.25) is 4.79 Å². The minimum absolute atomic E-state index is 0.0417. The van der Waals surface area contributed by atoms with Gasteiger partial charge in [0, 0.05) is 20.2 Å². The third kappa shape index (κ3) is 4.47. The summed E-state index contributed by atoms with van der Waals surface area (Å²) < 4.78 is 10.4. The molecule has 0 N–H and O–H groups in total. The Morgan fingerprint density at radius 3 is 2.68 bits per heavy atom. The first-order valence-electron chi connectivity index (χ1n) is 8.04. The van der Waals surface area contributed by atoms with Crippen molar-refractivity contribution in [2.24, 2.45) is 11.8 Å². The second kappa shape index (κ2) is 8.18. The molecule has 2 rings (SSSR count). The van der Waals surface area contributed by atoms with Gasteiger partial charge in [-0.15, -0.1) is 0 Å². The fraction of sp³-hybridized carbons (Fsp3) is 0.611. The summed E-state index contributed by atoms with van der Waals surface area (Å²) >= 11 is 0. The van der Waals surface area contributed by atoms with Crippen molar-refractivity contribution in [1.29, 1.82) is 0 Å². The summed E-state index contributed by atoms with van der Waals surface area (Å²) in [5.74, 6) is 1.74. The van der Waals surface area contributed by atoms with E-state index in [1.54, 1.807) is 14.2 Å². The number of hydrogen-bond donors (Lipinski definition) is 0. The highest BCUT2D eigenvalue weighted by molar-refractivity contribution is 5.78. The molecule has 1 aliphatic rings. The van der Waals surface area contributed by atoms with Crippen LogP contribution in [-0.4, -0.2) is 44.7 Å². The van der Waals surface area contributed by atoms with Crippen LogP contribution < -0.4 is 4.74 Å². The van der Waals surface area contributed by atoms with Crippen LogP contribution in [0.3, 0.4) is 0 Å². The third-order valence-corrected chi connectivity index (χ3v) is 4.42. The maximum Gasteiger partial charge on any atom is 0.227 e. The van der Waals surface area contributed by atoms with Crippen molar-refractivity contribution in [1.82, 2.24) is 4.90 Å². The molecule has 122 valence electrons. The van der Waals surface area contributed by atoms with Crippen LogP contribution in [0.15, 0.2) is 24.3 Å². The average Bonchev–Trinajstić information content (AvgIpc) is 2.55. The van der Waals surface area contributed by atoms with Gasteiger partial charge in [0.05, 0.1) is 19.6 Å². The standard InChI is InChI=1S/C18H27NO3/c1-14(13-21-2)18(20)19-9-7-15(8-10-19)11-16-5-4-6-17(12-16)22-3/h4-6,12,14-15H,7-11,13H2,1-3H3/t14-/m0/s1. The Morgan fingerprint density at radius 2 is 2.05 bits per heavy atom. The van der Waals surface area contributed by atoms with E-state index in [9.17, 15) is 4.79 Å². The average molecular weight is 305 g/mol. The van der Waals surface area contributed by atoms with Gasteiger partial charge in [-0.2, -0.15) is 0 Å². The Labute approximate surface area is 133 Å². The second-order valence-corrected chi connectivity index (χ2v) is 6.18. The maximum atomic E-state index is 12.3. The van der Waals surface area contributed by atoms with E-state index in [2.05, 4.69) is 12.1 Å². The molecule has 1 atom stereocenters. The number of benzene rings is 1. The van der Waals surface area contributed by atoms with Crippen LogP contribution in [0.4, 0.5) is 0 Å². The van der Waals surface area contributed by atoms with Gasteiger partial charge in [0.15, 0.2) is 0 Å². The fourth-order valence-corrected chi connectivity index (χ4v) is 3.12. The summed E-state index contributed by atoms with van der Waals surface area (Å²) in [6, 6.07) is 8.28. The van der Waals surface area contributed by atoms with Crippen LogP contribution in [0, 0.1) is 11.8 Å². The minimum atomic E-state index is -0.0417. The van der Waals surface area contributed by atoms with E-state index < -0.39 is 0 Å². The van der Waals surface area contributed by atoms with Crippen molar-refractivity contribution in [2.75, 3.05) is 33.9 Å². The molecule has 4 heteroatoms. The Morgan fingerprint density at radius 1 is 1.32 bits per heavy atom. The highest BCUT2D eigenvalue weighted by Crippen LogP contribution is 2.24. The van der Waals surface area contributed by atoms with Crippen molar-refractivity contribution in [3.8, 4) is 5.75 Å². The zero-order valence-corrected chi connectivity index (χ0v) is 13.9. The molecule has 0 aromatic heterocycles. The van der Waals surface area contributed by atoms with E-state index >= 15 is 0 Å². The van der Waals surface area contributed by atoms with E-state index in [0.717, 1.165) is 38.1 Å². The lowest BCUT2D eigenvalue weighted by Crippen LogP contribution is -2.42. The topological polar surface area (TPSA) is 38.8 Å². The van der Waals surface area contributed by atoms with E-state index in [-0.39, 0.29) is 11.8 Å². The molecule has 1 heterocycles. The second-order valence-electron chi connectivity index (χ2n) is 6.18. The summed E-state index contributed by atoms with van der Waals surface area (Å²) in [4.78, 5) is 14.3. The van der Waals surface area contributed by atoms with Crippen molar-refractivity contribution in [3.63, 3.8) is 0 Å². The summed E-state index contributed by atoms with van der Waals surface area (Å²) in [5, 5.41) is 0. The zero-order chi connectivity index (χ0) is 15.9. The molecule has 1 fully saturated rings. The Hall–Kier alpha value is -1.55. The van der Waals surface area contributed by atoms with E-state index in [4.69, 9.17) is 9.47 Å². The molecule has 0 saturated carbocycles. The van der Waals surface area contributed by atoms with E-state index in [1.807, 2.05) is 24.0 Å². The first kappa shape index (κ1) is 16.8. The smallest absolute Gasteiger partial charge is 0.227 e. The highest BCUT2D eigenvalue weighted by atomic mass is 16.5. The number of hydrogen-bond acceptors (Lipinski definition) is 3. The molecule has 0 radical (unpaired) electrons. The molecule has 4 nitrogen and oxygen atoms in total. The monoisotopic (exact) mass is 305 g/mol. The van der Waals surface area contributed by atoms with Gasteiger partial charge in [-0.25, -0.2) is 0 Å². The molecule has 0 spiro atoms. The van der Waals surface area contributed by atoms with Crippen LogP contribution >= 0.6 is 0 Å². The van der Waals surface area contributed by atoms with Crippen LogP contribution in [-0.2, 0) is 16.0 Å². The Kier molecular flexibility index (Phi) is 6.25. The van der Waals surface area contributed by atoms with Gasteiger partial charge in [-0.05, 0) is 42.9 Å². The number of piperidine rings is 1. The van der Waals surface area contributed by atoms with Gasteiger partial charge in [0.2, 0.25) is 5.91 Å². The molecular formula is C18H27NO3. The molecule has 0 unspecified atom stereocenters. The number of amides is 1. The first-order valence-corrected chi connectivity index (χ1v) is 8.04. The summed E-state index contributed by atoms with van der Waals surface area (Å²) in [5.41, 5.74) is 1.32. The number of carbonyl (C=O) groups excluding carboxylic acids is 1. The molecule has 0 aliphatic carbocycles. The lowest BCUT2D eigenvalue weighted by atomic mass is 9.89. The van der Waals surface area contributed by atoms with Crippen molar-refractivity contribution < 1.29 is 14.3 Å². The van der Waals surface area contributed by atoms with Crippen LogP contribution in [0.25, 0.3) is 0 Å². The molecule has 1 aliphatic heterocycles. The molecule has 0 bridgehead atoms. The normalized spacial score (nSPS) is 17.3. The Balaban J connectivity index is 1.83. The Bertz CT molecular complexity index is 481. The zero-order valence-electron chi connectivity index (χ0n) is 13.9. The number of ether oxygens (including phenoxy) is 2. The van der Waals surface area contributed by atoms with Gasteiger partial charge < -0.3 is 14.4 Å². The number of rotatable bonds is 6. The number of carbonyl (C=O) groups is 1. The predicted molar refractivity (Wildman–Crippen MR) is 87.0 cm³/mol. The molecule has 22 heavy (non-hydrogen) atoms. The van der Waals surface area contributed by atoms with Crippen LogP contribution in [0.5, 0.6) is 5.75 Å². The summed E-state index contributed by atoms with van der Waals surface area (Å²) in [6.07, 6.45) is 3.21. The lowest BCUT2D eigenvalue weighted by molar-refractivity contribution is -0.138. The quantitative estimate of drug-likeness (QED) is 0.811. The number of likely N-dealkylation sites (tertiary alicyclic amines) is 1. The SMILES string of the molecule is COC[C@H](C)C(=O)N1CCC(Cc2cccc(OC)c2)CC1. The van der Waals surface area contributed by atoms with Gasteiger partial charge in [-0.1, -0.05) is 19.1 Å². The molecule has 1 aromatic carbocycles. The lowest BCUT2D eigenvalue weighted by Gasteiger charge is -2.33. The first-order chi connectivity index (χ1) is 10.6. The van der Waals surface area contributed by atoms with E-state index in [1.165, 1.54) is 5.56 Å². The molecule has 1 amide bonds. The van der Waals surface area contributed by atoms with Crippen LogP contribution in [0.1, 0.15) is 25.3 Å². The van der Waals surface area contributed by atoms with Gasteiger partial charge in [0.1, 0.15) is 5.75 Å². The number of nitrogens with zero attached hydrogens (tertiary/aromatic N) is 1. The molecule has 1 saturated heterocycles. The summed E-state index contributed by atoms with van der Waals surface area (Å²) in [7, 11) is 3.34. The predicted octanol–water partition coefficient (Wildman–Crippen LogP) is 2.76. The van der Waals surface area contributed by atoms with Crippen LogP contribution in [0.2, 0.25) is 0 Å². The van der Waals surface area contributed by atoms with Gasteiger partial charge in [0.25, 0.3) is 0 Å². The third-order valence-electron chi connectivity index (χ3n) is 4.42. The van der Waals surface area contributed by atoms with Crippen molar-refractivity contribution in [3.05, 3.63) is 29.8 Å². The van der Waals surface area contributed by atoms with Crippen molar-refractivity contribution in [2.45, 2.75) is 26.2 Å². The highest BCUT2D eigenvalue weighted by Gasteiger charge is 2.26. The maximum absolute atomic E-state index is 12.3. The molecular weight excluding hydrogens is 278 g/mol.